The molecule has 0 bridgehead atoms. The average molecular weight is 411 g/mol. The first-order valence-electron chi connectivity index (χ1n) is 11.1. The molecule has 0 unspecified atom stereocenters. The van der Waals surface area contributed by atoms with Crippen LogP contribution < -0.4 is 0 Å². The number of aromatic nitrogens is 2. The van der Waals surface area contributed by atoms with Crippen molar-refractivity contribution in [3.63, 3.8) is 0 Å². The van der Waals surface area contributed by atoms with Crippen molar-refractivity contribution in [1.29, 1.82) is 0 Å². The van der Waals surface area contributed by atoms with Crippen molar-refractivity contribution in [3.05, 3.63) is 47.3 Å². The largest absolute Gasteiger partial charge is 0.346 e. The summed E-state index contributed by atoms with van der Waals surface area (Å²) in [5.74, 6) is 0.394. The number of unbranched alkanes of at least 4 members (excludes halogenated alkanes) is 1. The van der Waals surface area contributed by atoms with Gasteiger partial charge in [0.05, 0.1) is 17.8 Å². The van der Waals surface area contributed by atoms with E-state index in [0.29, 0.717) is 19.5 Å². The van der Waals surface area contributed by atoms with Gasteiger partial charge in [0.2, 0.25) is 11.8 Å². The predicted octanol–water partition coefficient (Wildman–Crippen LogP) is 3.53. The molecule has 0 radical (unpaired) electrons. The second-order valence-corrected chi connectivity index (χ2v) is 8.34. The minimum Gasteiger partial charge on any atom is -0.346 e. The van der Waals surface area contributed by atoms with Gasteiger partial charge < -0.3 is 9.80 Å². The zero-order valence-corrected chi connectivity index (χ0v) is 18.7. The van der Waals surface area contributed by atoms with Crippen LogP contribution in [0.5, 0.6) is 0 Å². The molecule has 0 aliphatic carbocycles. The molecule has 162 valence electrons. The Morgan fingerprint density at radius 1 is 1.13 bits per heavy atom. The lowest BCUT2D eigenvalue weighted by molar-refractivity contribution is -0.139. The molecular weight excluding hydrogens is 376 g/mol. The predicted molar refractivity (Wildman–Crippen MR) is 119 cm³/mol. The van der Waals surface area contributed by atoms with Gasteiger partial charge in [-0.15, -0.1) is 0 Å². The van der Waals surface area contributed by atoms with Crippen LogP contribution in [0.25, 0.3) is 5.69 Å². The van der Waals surface area contributed by atoms with Crippen LogP contribution in [-0.2, 0) is 16.0 Å². The molecule has 0 saturated carbocycles. The van der Waals surface area contributed by atoms with E-state index in [4.69, 9.17) is 0 Å². The molecule has 1 aliphatic rings. The van der Waals surface area contributed by atoms with Crippen LogP contribution in [0.1, 0.15) is 49.6 Å². The summed E-state index contributed by atoms with van der Waals surface area (Å²) in [7, 11) is 1.89. The summed E-state index contributed by atoms with van der Waals surface area (Å²) in [6.45, 7) is 8.25. The number of carbonyl (C=O) groups excluding carboxylic acids is 2. The van der Waals surface area contributed by atoms with Crippen molar-refractivity contribution >= 4 is 11.8 Å². The third-order valence-electron chi connectivity index (χ3n) is 6.19. The van der Waals surface area contributed by atoms with E-state index in [1.807, 2.05) is 65.7 Å². The molecule has 1 aliphatic heterocycles. The maximum atomic E-state index is 13.0. The first kappa shape index (κ1) is 22.1. The Morgan fingerprint density at radius 2 is 1.80 bits per heavy atom. The van der Waals surface area contributed by atoms with E-state index in [9.17, 15) is 9.59 Å². The van der Waals surface area contributed by atoms with E-state index in [-0.39, 0.29) is 17.7 Å². The van der Waals surface area contributed by atoms with Gasteiger partial charge in [0.15, 0.2) is 0 Å². The number of hydrogen-bond acceptors (Lipinski definition) is 3. The Kier molecular flexibility index (Phi) is 7.29. The second kappa shape index (κ2) is 9.92. The second-order valence-electron chi connectivity index (χ2n) is 8.34. The summed E-state index contributed by atoms with van der Waals surface area (Å²) >= 11 is 0. The van der Waals surface area contributed by atoms with Crippen LogP contribution in [0.3, 0.4) is 0 Å². The molecule has 3 rings (SSSR count). The number of hydrogen-bond donors (Lipinski definition) is 0. The minimum atomic E-state index is 0.0419. The highest BCUT2D eigenvalue weighted by Gasteiger charge is 2.29. The molecule has 30 heavy (non-hydrogen) atoms. The molecule has 2 heterocycles. The number of nitrogens with zero attached hydrogens (tertiary/aromatic N) is 4. The molecule has 1 aromatic heterocycles. The third kappa shape index (κ3) is 4.91. The highest BCUT2D eigenvalue weighted by Crippen LogP contribution is 2.23. The highest BCUT2D eigenvalue weighted by atomic mass is 16.2. The standard InChI is InChI=1S/C24H34N4O2/c1-5-6-14-26(4)24(30)20-12-15-27(16-13-20)23(29)17-22-18(2)25-28(19(22)3)21-10-8-7-9-11-21/h7-11,20H,5-6,12-17H2,1-4H3. The zero-order chi connectivity index (χ0) is 21.7. The fourth-order valence-electron chi connectivity index (χ4n) is 4.21. The van der Waals surface area contributed by atoms with Gasteiger partial charge in [-0.3, -0.25) is 9.59 Å². The van der Waals surface area contributed by atoms with Crippen molar-refractivity contribution in [2.45, 2.75) is 52.9 Å². The Balaban J connectivity index is 1.59. The molecule has 0 spiro atoms. The van der Waals surface area contributed by atoms with Crippen molar-refractivity contribution in [3.8, 4) is 5.69 Å². The third-order valence-corrected chi connectivity index (χ3v) is 6.19. The molecule has 6 heteroatoms. The molecule has 1 fully saturated rings. The lowest BCUT2D eigenvalue weighted by Crippen LogP contribution is -2.44. The quantitative estimate of drug-likeness (QED) is 0.702. The normalized spacial score (nSPS) is 14.7. The van der Waals surface area contributed by atoms with E-state index in [1.54, 1.807) is 0 Å². The first-order chi connectivity index (χ1) is 14.4. The first-order valence-corrected chi connectivity index (χ1v) is 11.1. The van der Waals surface area contributed by atoms with Crippen molar-refractivity contribution in [2.24, 2.45) is 5.92 Å². The molecule has 1 saturated heterocycles. The van der Waals surface area contributed by atoms with Gasteiger partial charge in [-0.2, -0.15) is 5.10 Å². The fraction of sp³-hybridized carbons (Fsp3) is 0.542. The zero-order valence-electron chi connectivity index (χ0n) is 18.7. The van der Waals surface area contributed by atoms with Crippen molar-refractivity contribution in [2.75, 3.05) is 26.7 Å². The van der Waals surface area contributed by atoms with Gasteiger partial charge in [0.25, 0.3) is 0 Å². The van der Waals surface area contributed by atoms with Gasteiger partial charge in [-0.05, 0) is 45.2 Å². The number of aryl methyl sites for hydroxylation is 1. The van der Waals surface area contributed by atoms with E-state index in [0.717, 1.165) is 54.9 Å². The maximum Gasteiger partial charge on any atom is 0.227 e. The summed E-state index contributed by atoms with van der Waals surface area (Å²) in [6, 6.07) is 9.99. The Morgan fingerprint density at radius 3 is 2.43 bits per heavy atom. The van der Waals surface area contributed by atoms with Gasteiger partial charge >= 0.3 is 0 Å². The van der Waals surface area contributed by atoms with Gasteiger partial charge in [0.1, 0.15) is 0 Å². The van der Waals surface area contributed by atoms with Crippen LogP contribution >= 0.6 is 0 Å². The summed E-state index contributed by atoms with van der Waals surface area (Å²) in [4.78, 5) is 29.3. The topological polar surface area (TPSA) is 58.4 Å². The number of likely N-dealkylation sites (tertiary alicyclic amines) is 1. The fourth-order valence-corrected chi connectivity index (χ4v) is 4.21. The van der Waals surface area contributed by atoms with Crippen LogP contribution in [0.4, 0.5) is 0 Å². The molecule has 6 nitrogen and oxygen atoms in total. The molecule has 1 aromatic carbocycles. The highest BCUT2D eigenvalue weighted by molar-refractivity contribution is 5.81. The lowest BCUT2D eigenvalue weighted by atomic mass is 9.94. The molecule has 0 atom stereocenters. The summed E-state index contributed by atoms with van der Waals surface area (Å²) < 4.78 is 1.91. The Bertz CT molecular complexity index is 867. The number of rotatable bonds is 7. The van der Waals surface area contributed by atoms with E-state index in [2.05, 4.69) is 12.0 Å². The van der Waals surface area contributed by atoms with Crippen molar-refractivity contribution in [1.82, 2.24) is 19.6 Å². The van der Waals surface area contributed by atoms with Gasteiger partial charge in [-0.1, -0.05) is 31.5 Å². The van der Waals surface area contributed by atoms with Crippen LogP contribution in [-0.4, -0.2) is 58.1 Å². The molecular formula is C24H34N4O2. The Hall–Kier alpha value is -2.63. The van der Waals surface area contributed by atoms with Crippen molar-refractivity contribution < 1.29 is 9.59 Å². The number of piperidine rings is 1. The monoisotopic (exact) mass is 410 g/mol. The van der Waals surface area contributed by atoms with Crippen LogP contribution in [0.15, 0.2) is 30.3 Å². The molecule has 0 N–H and O–H groups in total. The van der Waals surface area contributed by atoms with E-state index < -0.39 is 0 Å². The lowest BCUT2D eigenvalue weighted by Gasteiger charge is -2.33. The van der Waals surface area contributed by atoms with Gasteiger partial charge in [0, 0.05) is 43.9 Å². The maximum absolute atomic E-state index is 13.0. The molecule has 2 aromatic rings. The molecule has 2 amide bonds. The number of para-hydroxylation sites is 1. The summed E-state index contributed by atoms with van der Waals surface area (Å²) in [5.41, 5.74) is 3.91. The average Bonchev–Trinajstić information content (AvgIpc) is 3.05. The number of carbonyl (C=O) groups is 2. The van der Waals surface area contributed by atoms with E-state index >= 15 is 0 Å². The van der Waals surface area contributed by atoms with Crippen LogP contribution in [0, 0.1) is 19.8 Å². The summed E-state index contributed by atoms with van der Waals surface area (Å²) in [5, 5.41) is 4.65. The van der Waals surface area contributed by atoms with Gasteiger partial charge in [-0.25, -0.2) is 4.68 Å². The Labute approximate surface area is 179 Å². The smallest absolute Gasteiger partial charge is 0.227 e. The SMILES string of the molecule is CCCCN(C)C(=O)C1CCN(C(=O)Cc2c(C)nn(-c3ccccc3)c2C)CC1. The minimum absolute atomic E-state index is 0.0419. The number of benzene rings is 1. The van der Waals surface area contributed by atoms with Crippen LogP contribution in [0.2, 0.25) is 0 Å². The van der Waals surface area contributed by atoms with E-state index in [1.165, 1.54) is 0 Å². The number of amides is 2. The summed E-state index contributed by atoms with van der Waals surface area (Å²) in [6.07, 6.45) is 3.99.